The van der Waals surface area contributed by atoms with Crippen molar-refractivity contribution in [2.75, 3.05) is 18.5 Å². The van der Waals surface area contributed by atoms with Crippen LogP contribution in [0.4, 0.5) is 10.1 Å². The van der Waals surface area contributed by atoms with Gasteiger partial charge in [0.25, 0.3) is 0 Å². The number of carbonyl (C=O) groups is 1. The molecule has 0 saturated carbocycles. The fraction of sp³-hybridized carbons (Fsp3) is 0.385. The van der Waals surface area contributed by atoms with E-state index in [2.05, 4.69) is 5.32 Å². The summed E-state index contributed by atoms with van der Waals surface area (Å²) < 4.78 is 18.5. The Morgan fingerprint density at radius 1 is 1.45 bits per heavy atom. The topological polar surface area (TPSA) is 64.4 Å². The molecule has 2 rings (SSSR count). The monoisotopic (exact) mass is 316 g/mol. The number of nitrogens with two attached hydrogens (primary N) is 1. The Morgan fingerprint density at radius 3 is 2.70 bits per heavy atom. The van der Waals surface area contributed by atoms with Gasteiger partial charge < -0.3 is 15.8 Å². The van der Waals surface area contributed by atoms with Gasteiger partial charge >= 0.3 is 0 Å². The summed E-state index contributed by atoms with van der Waals surface area (Å²) in [5.41, 5.74) is 4.97. The average molecular weight is 317 g/mol. The molecule has 0 aliphatic carbocycles. The van der Waals surface area contributed by atoms with E-state index in [4.69, 9.17) is 34.3 Å². The molecule has 0 spiro atoms. The van der Waals surface area contributed by atoms with Gasteiger partial charge in [0.1, 0.15) is 11.2 Å². The van der Waals surface area contributed by atoms with Crippen LogP contribution in [0, 0.1) is 11.2 Å². The van der Waals surface area contributed by atoms with Gasteiger partial charge in [0.15, 0.2) is 0 Å². The van der Waals surface area contributed by atoms with Crippen molar-refractivity contribution in [3.63, 3.8) is 0 Å². The molecule has 1 saturated heterocycles. The Labute approximate surface area is 126 Å². The summed E-state index contributed by atoms with van der Waals surface area (Å²) in [6.07, 6.45) is 0.808. The third-order valence-electron chi connectivity index (χ3n) is 3.43. The minimum atomic E-state index is -0.969. The van der Waals surface area contributed by atoms with E-state index in [1.165, 1.54) is 12.1 Å². The van der Waals surface area contributed by atoms with Gasteiger partial charge in [-0.25, -0.2) is 4.39 Å². The van der Waals surface area contributed by atoms with E-state index in [1.807, 2.05) is 0 Å². The van der Waals surface area contributed by atoms with Crippen LogP contribution in [0.1, 0.15) is 12.8 Å². The maximum atomic E-state index is 13.2. The van der Waals surface area contributed by atoms with Gasteiger partial charge in [0.05, 0.1) is 15.7 Å². The van der Waals surface area contributed by atoms with E-state index in [1.54, 1.807) is 0 Å². The van der Waals surface area contributed by atoms with Crippen LogP contribution in [-0.2, 0) is 9.53 Å². The molecule has 1 aliphatic rings. The standard InChI is InChI=1S/C13H14ClFN2O2S/c14-9-2-1-8(15)7-10(9)17-12(18)13(11(16)20)3-5-19-6-4-13/h1-2,7H,3-6H2,(H2,16,20)(H,17,18). The molecule has 0 atom stereocenters. The van der Waals surface area contributed by atoms with E-state index >= 15 is 0 Å². The minimum Gasteiger partial charge on any atom is -0.392 e. The number of hydrogen-bond donors (Lipinski definition) is 2. The molecule has 0 bridgehead atoms. The molecule has 3 N–H and O–H groups in total. The summed E-state index contributed by atoms with van der Waals surface area (Å²) in [5, 5.41) is 2.86. The molecular weight excluding hydrogens is 303 g/mol. The third-order valence-corrected chi connectivity index (χ3v) is 4.15. The Morgan fingerprint density at radius 2 is 2.10 bits per heavy atom. The highest BCUT2D eigenvalue weighted by atomic mass is 35.5. The Kier molecular flexibility index (Phi) is 4.57. The van der Waals surface area contributed by atoms with E-state index < -0.39 is 11.2 Å². The lowest BCUT2D eigenvalue weighted by molar-refractivity contribution is -0.126. The van der Waals surface area contributed by atoms with Crippen molar-refractivity contribution in [2.45, 2.75) is 12.8 Å². The van der Waals surface area contributed by atoms with E-state index in [0.29, 0.717) is 26.1 Å². The first-order chi connectivity index (χ1) is 9.45. The number of thiocarbonyl (C=S) groups is 1. The highest BCUT2D eigenvalue weighted by Crippen LogP contribution is 2.33. The predicted molar refractivity (Wildman–Crippen MR) is 79.3 cm³/mol. The zero-order chi connectivity index (χ0) is 14.8. The first-order valence-corrected chi connectivity index (χ1v) is 6.88. The first kappa shape index (κ1) is 15.2. The molecule has 0 unspecified atom stereocenters. The van der Waals surface area contributed by atoms with Crippen LogP contribution in [0.25, 0.3) is 0 Å². The number of anilines is 1. The molecule has 1 fully saturated rings. The number of halogens is 2. The maximum Gasteiger partial charge on any atom is 0.237 e. The van der Waals surface area contributed by atoms with Crippen molar-refractivity contribution in [2.24, 2.45) is 11.1 Å². The Balaban J connectivity index is 2.25. The van der Waals surface area contributed by atoms with Crippen molar-refractivity contribution < 1.29 is 13.9 Å². The number of carbonyl (C=O) groups excluding carboxylic acids is 1. The molecule has 4 nitrogen and oxygen atoms in total. The largest absolute Gasteiger partial charge is 0.392 e. The van der Waals surface area contributed by atoms with Gasteiger partial charge in [0, 0.05) is 13.2 Å². The van der Waals surface area contributed by atoms with E-state index in [0.717, 1.165) is 6.07 Å². The zero-order valence-corrected chi connectivity index (χ0v) is 12.2. The van der Waals surface area contributed by atoms with Crippen molar-refractivity contribution in [1.82, 2.24) is 0 Å². The van der Waals surface area contributed by atoms with Crippen molar-refractivity contribution in [1.29, 1.82) is 0 Å². The van der Waals surface area contributed by atoms with Crippen LogP contribution in [0.15, 0.2) is 18.2 Å². The number of hydrogen-bond acceptors (Lipinski definition) is 3. The lowest BCUT2D eigenvalue weighted by atomic mass is 9.79. The Hall–Kier alpha value is -1.24. The highest BCUT2D eigenvalue weighted by molar-refractivity contribution is 7.80. The molecule has 1 heterocycles. The van der Waals surface area contributed by atoms with Gasteiger partial charge in [0.2, 0.25) is 5.91 Å². The van der Waals surface area contributed by atoms with E-state index in [9.17, 15) is 9.18 Å². The summed E-state index contributed by atoms with van der Waals surface area (Å²) in [7, 11) is 0. The highest BCUT2D eigenvalue weighted by Gasteiger charge is 2.43. The third kappa shape index (κ3) is 2.92. The van der Waals surface area contributed by atoms with Crippen LogP contribution >= 0.6 is 23.8 Å². The number of benzene rings is 1. The molecular formula is C13H14ClFN2O2S. The van der Waals surface area contributed by atoms with Gasteiger partial charge in [-0.3, -0.25) is 4.79 Å². The minimum absolute atomic E-state index is 0.117. The molecule has 0 aromatic heterocycles. The molecule has 1 aromatic rings. The van der Waals surface area contributed by atoms with Crippen LogP contribution in [-0.4, -0.2) is 24.1 Å². The summed E-state index contributed by atoms with van der Waals surface area (Å²) in [6.45, 7) is 0.809. The van der Waals surface area contributed by atoms with Crippen LogP contribution < -0.4 is 11.1 Å². The molecule has 108 valence electrons. The van der Waals surface area contributed by atoms with Gasteiger partial charge in [-0.2, -0.15) is 0 Å². The predicted octanol–water partition coefficient (Wildman–Crippen LogP) is 2.50. The summed E-state index contributed by atoms with van der Waals surface area (Å²) in [6, 6.07) is 3.76. The number of amides is 1. The maximum absolute atomic E-state index is 13.2. The Bertz CT molecular complexity index is 547. The van der Waals surface area contributed by atoms with Crippen molar-refractivity contribution in [3.8, 4) is 0 Å². The van der Waals surface area contributed by atoms with Gasteiger partial charge in [-0.15, -0.1) is 0 Å². The smallest absolute Gasteiger partial charge is 0.237 e. The molecule has 1 aromatic carbocycles. The lowest BCUT2D eigenvalue weighted by Crippen LogP contribution is -2.49. The second-order valence-electron chi connectivity index (χ2n) is 4.64. The fourth-order valence-corrected chi connectivity index (χ4v) is 2.60. The van der Waals surface area contributed by atoms with Gasteiger partial charge in [-0.05, 0) is 31.0 Å². The normalized spacial score (nSPS) is 17.5. The summed E-state index contributed by atoms with van der Waals surface area (Å²) >= 11 is 11.0. The second kappa shape index (κ2) is 6.03. The molecule has 1 amide bonds. The molecule has 1 aliphatic heterocycles. The molecule has 7 heteroatoms. The molecule has 0 radical (unpaired) electrons. The first-order valence-electron chi connectivity index (χ1n) is 6.10. The quantitative estimate of drug-likeness (QED) is 0.841. The number of nitrogens with one attached hydrogen (secondary N) is 1. The van der Waals surface area contributed by atoms with Crippen molar-refractivity contribution in [3.05, 3.63) is 29.0 Å². The lowest BCUT2D eigenvalue weighted by Gasteiger charge is -2.34. The average Bonchev–Trinajstić information content (AvgIpc) is 2.43. The fourth-order valence-electron chi connectivity index (χ4n) is 2.14. The summed E-state index contributed by atoms with van der Waals surface area (Å²) in [4.78, 5) is 12.6. The van der Waals surface area contributed by atoms with E-state index in [-0.39, 0.29) is 21.6 Å². The van der Waals surface area contributed by atoms with Crippen molar-refractivity contribution >= 4 is 40.4 Å². The van der Waals surface area contributed by atoms with Crippen LogP contribution in [0.5, 0.6) is 0 Å². The second-order valence-corrected chi connectivity index (χ2v) is 5.48. The molecule has 20 heavy (non-hydrogen) atoms. The number of rotatable bonds is 3. The van der Waals surface area contributed by atoms with Crippen LogP contribution in [0.2, 0.25) is 5.02 Å². The number of ether oxygens (including phenoxy) is 1. The zero-order valence-electron chi connectivity index (χ0n) is 10.6. The SMILES string of the molecule is NC(=S)C1(C(=O)Nc2cc(F)ccc2Cl)CCOCC1. The summed E-state index contributed by atoms with van der Waals surface area (Å²) in [5.74, 6) is -0.859. The van der Waals surface area contributed by atoms with Crippen LogP contribution in [0.3, 0.4) is 0 Å². The van der Waals surface area contributed by atoms with Gasteiger partial charge in [-0.1, -0.05) is 23.8 Å².